The lowest BCUT2D eigenvalue weighted by Crippen LogP contribution is -2.16. The van der Waals surface area contributed by atoms with Crippen LogP contribution < -0.4 is 5.73 Å². The lowest BCUT2D eigenvalue weighted by Gasteiger charge is -2.25. The highest BCUT2D eigenvalue weighted by Crippen LogP contribution is 2.60. The molecule has 0 unspecified atom stereocenters. The van der Waals surface area contributed by atoms with E-state index >= 15 is 0 Å². The number of benzene rings is 3. The quantitative estimate of drug-likeness (QED) is 0.492. The summed E-state index contributed by atoms with van der Waals surface area (Å²) < 4.78 is 24.2. The molecule has 3 rings (SSSR count). The maximum Gasteiger partial charge on any atom is 0.351 e. The fraction of sp³-hybridized carbons (Fsp3) is 0.263. The highest BCUT2D eigenvalue weighted by atomic mass is 31.2. The molecule has 0 aliphatic heterocycles. The Bertz CT molecular complexity index is 845. The SMILES string of the molecule is CCOP(=O)(OCC)[C@H](N)c1c2ccccc2cc2ccccc12. The summed E-state index contributed by atoms with van der Waals surface area (Å²) in [6, 6.07) is 18.1. The minimum absolute atomic E-state index is 0.285. The molecular weight excluding hydrogens is 321 g/mol. The van der Waals surface area contributed by atoms with Crippen molar-refractivity contribution in [3.63, 3.8) is 0 Å². The van der Waals surface area contributed by atoms with Crippen molar-refractivity contribution in [2.75, 3.05) is 13.2 Å². The molecule has 1 atom stereocenters. The lowest BCUT2D eigenvalue weighted by atomic mass is 9.97. The molecule has 24 heavy (non-hydrogen) atoms. The second kappa shape index (κ2) is 7.04. The molecule has 0 radical (unpaired) electrons. The van der Waals surface area contributed by atoms with E-state index in [1.54, 1.807) is 13.8 Å². The van der Waals surface area contributed by atoms with E-state index < -0.39 is 13.4 Å². The van der Waals surface area contributed by atoms with E-state index in [0.29, 0.717) is 0 Å². The van der Waals surface area contributed by atoms with E-state index in [-0.39, 0.29) is 13.2 Å². The van der Waals surface area contributed by atoms with Gasteiger partial charge in [-0.05, 0) is 47.0 Å². The van der Waals surface area contributed by atoms with Gasteiger partial charge >= 0.3 is 7.60 Å². The van der Waals surface area contributed by atoms with E-state index in [1.165, 1.54) is 0 Å². The van der Waals surface area contributed by atoms with Crippen molar-refractivity contribution in [2.45, 2.75) is 19.6 Å². The topological polar surface area (TPSA) is 61.5 Å². The van der Waals surface area contributed by atoms with E-state index in [4.69, 9.17) is 14.8 Å². The normalized spacial score (nSPS) is 13.5. The van der Waals surface area contributed by atoms with Gasteiger partial charge < -0.3 is 14.8 Å². The van der Waals surface area contributed by atoms with Gasteiger partial charge in [0.05, 0.1) is 13.2 Å². The zero-order valence-corrected chi connectivity index (χ0v) is 14.8. The third-order valence-electron chi connectivity index (χ3n) is 4.07. The fourth-order valence-corrected chi connectivity index (χ4v) is 4.79. The Labute approximate surface area is 142 Å². The highest BCUT2D eigenvalue weighted by molar-refractivity contribution is 7.54. The molecule has 126 valence electrons. The predicted molar refractivity (Wildman–Crippen MR) is 99.2 cm³/mol. The summed E-state index contributed by atoms with van der Waals surface area (Å²) in [5.74, 6) is -0.839. The Morgan fingerprint density at radius 2 is 1.38 bits per heavy atom. The first kappa shape index (κ1) is 17.1. The second-order valence-corrected chi connectivity index (χ2v) is 7.71. The van der Waals surface area contributed by atoms with Crippen LogP contribution in [0.3, 0.4) is 0 Å². The summed E-state index contributed by atoms with van der Waals surface area (Å²) in [6.07, 6.45) is 0. The Balaban J connectivity index is 2.31. The fourth-order valence-electron chi connectivity index (χ4n) is 3.08. The molecule has 0 amide bonds. The molecule has 0 saturated carbocycles. The molecule has 0 spiro atoms. The number of rotatable bonds is 6. The van der Waals surface area contributed by atoms with Gasteiger partial charge in [0, 0.05) is 0 Å². The average molecular weight is 343 g/mol. The second-order valence-electron chi connectivity index (χ2n) is 5.55. The highest BCUT2D eigenvalue weighted by Gasteiger charge is 2.35. The van der Waals surface area contributed by atoms with Gasteiger partial charge in [0.1, 0.15) is 5.78 Å². The van der Waals surface area contributed by atoms with Gasteiger partial charge in [-0.1, -0.05) is 48.5 Å². The monoisotopic (exact) mass is 343 g/mol. The van der Waals surface area contributed by atoms with Gasteiger partial charge in [0.15, 0.2) is 0 Å². The summed E-state index contributed by atoms with van der Waals surface area (Å²) in [5.41, 5.74) is 7.28. The molecule has 3 aromatic rings. The first-order valence-electron chi connectivity index (χ1n) is 8.15. The van der Waals surface area contributed by atoms with Gasteiger partial charge in [-0.3, -0.25) is 4.57 Å². The molecule has 0 aliphatic rings. The summed E-state index contributed by atoms with van der Waals surface area (Å²) in [7, 11) is -3.46. The molecule has 0 heterocycles. The molecule has 5 heteroatoms. The van der Waals surface area contributed by atoms with Crippen molar-refractivity contribution in [1.29, 1.82) is 0 Å². The van der Waals surface area contributed by atoms with Crippen LogP contribution in [0.15, 0.2) is 54.6 Å². The van der Waals surface area contributed by atoms with Crippen molar-refractivity contribution in [3.8, 4) is 0 Å². The maximum atomic E-state index is 13.2. The van der Waals surface area contributed by atoms with Gasteiger partial charge in [0.25, 0.3) is 0 Å². The number of hydrogen-bond acceptors (Lipinski definition) is 4. The first-order valence-corrected chi connectivity index (χ1v) is 9.76. The Morgan fingerprint density at radius 3 is 1.83 bits per heavy atom. The third-order valence-corrected chi connectivity index (χ3v) is 6.24. The van der Waals surface area contributed by atoms with Crippen LogP contribution in [0.1, 0.15) is 25.2 Å². The van der Waals surface area contributed by atoms with Crippen LogP contribution >= 0.6 is 7.60 Å². The smallest absolute Gasteiger partial charge is 0.314 e. The number of hydrogen-bond donors (Lipinski definition) is 1. The van der Waals surface area contributed by atoms with Crippen LogP contribution in [0.2, 0.25) is 0 Å². The maximum absolute atomic E-state index is 13.2. The molecule has 0 bridgehead atoms. The largest absolute Gasteiger partial charge is 0.351 e. The summed E-state index contributed by atoms with van der Waals surface area (Å²) in [4.78, 5) is 0. The Morgan fingerprint density at radius 1 is 0.917 bits per heavy atom. The van der Waals surface area contributed by atoms with Crippen LogP contribution in [0.5, 0.6) is 0 Å². The molecule has 0 fully saturated rings. The molecule has 0 aromatic heterocycles. The summed E-state index contributed by atoms with van der Waals surface area (Å²) in [6.45, 7) is 4.15. The van der Waals surface area contributed by atoms with E-state index in [1.807, 2.05) is 48.5 Å². The minimum atomic E-state index is -3.46. The molecule has 0 saturated heterocycles. The van der Waals surface area contributed by atoms with Gasteiger partial charge in [-0.15, -0.1) is 0 Å². The van der Waals surface area contributed by atoms with E-state index in [2.05, 4.69) is 6.07 Å². The van der Waals surface area contributed by atoms with Crippen LogP contribution in [0, 0.1) is 0 Å². The average Bonchev–Trinajstić information content (AvgIpc) is 2.59. The summed E-state index contributed by atoms with van der Waals surface area (Å²) in [5, 5.41) is 4.06. The number of nitrogens with two attached hydrogens (primary N) is 1. The third kappa shape index (κ3) is 2.99. The van der Waals surface area contributed by atoms with Crippen molar-refractivity contribution in [1.82, 2.24) is 0 Å². The lowest BCUT2D eigenvalue weighted by molar-refractivity contribution is 0.212. The van der Waals surface area contributed by atoms with Gasteiger partial charge in [0.2, 0.25) is 0 Å². The predicted octanol–water partition coefficient (Wildman–Crippen LogP) is 5.22. The van der Waals surface area contributed by atoms with Crippen molar-refractivity contribution in [3.05, 3.63) is 60.2 Å². The Hall–Kier alpha value is -1.71. The first-order chi connectivity index (χ1) is 11.6. The minimum Gasteiger partial charge on any atom is -0.314 e. The van der Waals surface area contributed by atoms with Crippen molar-refractivity contribution >= 4 is 29.1 Å². The van der Waals surface area contributed by atoms with Crippen molar-refractivity contribution < 1.29 is 13.6 Å². The number of fused-ring (bicyclic) bond motifs is 2. The van der Waals surface area contributed by atoms with E-state index in [9.17, 15) is 4.57 Å². The molecule has 2 N–H and O–H groups in total. The molecular formula is C19H22NO3P. The molecule has 4 nitrogen and oxygen atoms in total. The van der Waals surface area contributed by atoms with Crippen LogP contribution in [0.4, 0.5) is 0 Å². The van der Waals surface area contributed by atoms with Gasteiger partial charge in [-0.25, -0.2) is 0 Å². The van der Waals surface area contributed by atoms with Crippen LogP contribution in [-0.4, -0.2) is 13.2 Å². The zero-order chi connectivity index (χ0) is 17.2. The van der Waals surface area contributed by atoms with Crippen LogP contribution in [0.25, 0.3) is 21.5 Å². The molecule has 0 aliphatic carbocycles. The van der Waals surface area contributed by atoms with Crippen LogP contribution in [-0.2, 0) is 13.6 Å². The van der Waals surface area contributed by atoms with E-state index in [0.717, 1.165) is 27.1 Å². The van der Waals surface area contributed by atoms with Crippen molar-refractivity contribution in [2.24, 2.45) is 5.73 Å². The Kier molecular flexibility index (Phi) is 5.02. The molecule has 3 aromatic carbocycles. The summed E-state index contributed by atoms with van der Waals surface area (Å²) >= 11 is 0. The van der Waals surface area contributed by atoms with Gasteiger partial charge in [-0.2, -0.15) is 0 Å². The standard InChI is InChI=1S/C19H22NO3P/c1-3-22-24(21,23-4-2)19(20)18-16-11-7-5-9-14(16)13-15-10-6-8-12-17(15)18/h5-13,19H,3-4,20H2,1-2H3/t19-/m0/s1. The zero-order valence-electron chi connectivity index (χ0n) is 13.9.